The summed E-state index contributed by atoms with van der Waals surface area (Å²) in [7, 11) is 0. The molecule has 0 bridgehead atoms. The van der Waals surface area contributed by atoms with Gasteiger partial charge in [0.25, 0.3) is 0 Å². The van der Waals surface area contributed by atoms with Crippen molar-refractivity contribution in [2.45, 2.75) is 13.5 Å². The third-order valence-electron chi connectivity index (χ3n) is 2.49. The van der Waals surface area contributed by atoms with Gasteiger partial charge in [-0.1, -0.05) is 18.2 Å². The molecule has 1 amide bonds. The van der Waals surface area contributed by atoms with E-state index in [1.54, 1.807) is 6.07 Å². The van der Waals surface area contributed by atoms with Crippen LogP contribution in [0.1, 0.15) is 28.4 Å². The number of rotatable bonds is 3. The molecule has 0 fully saturated rings. The molecule has 0 aliphatic carbocycles. The maximum atomic E-state index is 11.2. The van der Waals surface area contributed by atoms with Crippen LogP contribution < -0.4 is 5.32 Å². The molecular weight excluding hydrogens is 218 g/mol. The summed E-state index contributed by atoms with van der Waals surface area (Å²) in [6.07, 6.45) is 3.76. The van der Waals surface area contributed by atoms with Gasteiger partial charge in [-0.05, 0) is 17.7 Å². The summed E-state index contributed by atoms with van der Waals surface area (Å²) < 4.78 is 4.92. The zero-order valence-electron chi connectivity index (χ0n) is 9.53. The minimum atomic E-state index is -0.256. The molecule has 1 aliphatic rings. The minimum absolute atomic E-state index is 0.0531. The fraction of sp³-hybridized carbons (Fsp3) is 0.231. The highest BCUT2D eigenvalue weighted by Crippen LogP contribution is 2.21. The van der Waals surface area contributed by atoms with Crippen LogP contribution >= 0.6 is 0 Å². The Morgan fingerprint density at radius 2 is 2.35 bits per heavy atom. The largest absolute Gasteiger partial charge is 0.457 e. The maximum Gasteiger partial charge on any atom is 0.338 e. The first-order valence-electron chi connectivity index (χ1n) is 5.38. The molecule has 88 valence electrons. The molecule has 4 nitrogen and oxygen atoms in total. The van der Waals surface area contributed by atoms with Gasteiger partial charge < -0.3 is 10.1 Å². The zero-order chi connectivity index (χ0) is 12.3. The van der Waals surface area contributed by atoms with E-state index in [2.05, 4.69) is 5.32 Å². The van der Waals surface area contributed by atoms with Crippen LogP contribution in [0.2, 0.25) is 0 Å². The Hall–Kier alpha value is -2.10. The number of amides is 1. The third-order valence-corrected chi connectivity index (χ3v) is 2.49. The summed E-state index contributed by atoms with van der Waals surface area (Å²) in [5, 5.41) is 2.67. The quantitative estimate of drug-likeness (QED) is 0.802. The van der Waals surface area contributed by atoms with E-state index in [0.29, 0.717) is 18.7 Å². The second-order valence-corrected chi connectivity index (χ2v) is 3.83. The second-order valence-electron chi connectivity index (χ2n) is 3.83. The molecule has 0 saturated heterocycles. The molecule has 1 aromatic rings. The molecule has 1 aromatic carbocycles. The van der Waals surface area contributed by atoms with Crippen LogP contribution in [-0.2, 0) is 16.1 Å². The van der Waals surface area contributed by atoms with Gasteiger partial charge in [-0.2, -0.15) is 0 Å². The summed E-state index contributed by atoms with van der Waals surface area (Å²) in [6, 6.07) is 5.54. The Balaban J connectivity index is 2.03. The van der Waals surface area contributed by atoms with Crippen LogP contribution in [0.25, 0.3) is 6.08 Å². The van der Waals surface area contributed by atoms with Gasteiger partial charge in [0.15, 0.2) is 0 Å². The summed E-state index contributed by atoms with van der Waals surface area (Å²) in [5.74, 6) is -0.309. The topological polar surface area (TPSA) is 55.4 Å². The van der Waals surface area contributed by atoms with E-state index in [1.165, 1.54) is 6.92 Å². The van der Waals surface area contributed by atoms with Crippen molar-refractivity contribution in [1.82, 2.24) is 5.32 Å². The number of nitrogens with one attached hydrogen (secondary N) is 1. The van der Waals surface area contributed by atoms with Crippen molar-refractivity contribution < 1.29 is 14.3 Å². The van der Waals surface area contributed by atoms with Gasteiger partial charge in [0, 0.05) is 19.0 Å². The van der Waals surface area contributed by atoms with Gasteiger partial charge in [-0.15, -0.1) is 0 Å². The van der Waals surface area contributed by atoms with Crippen molar-refractivity contribution in [2.24, 2.45) is 0 Å². The van der Waals surface area contributed by atoms with Crippen LogP contribution in [0.4, 0.5) is 0 Å². The van der Waals surface area contributed by atoms with Crippen LogP contribution in [-0.4, -0.2) is 18.4 Å². The van der Waals surface area contributed by atoms with Crippen molar-refractivity contribution in [3.63, 3.8) is 0 Å². The molecule has 0 radical (unpaired) electrons. The zero-order valence-corrected chi connectivity index (χ0v) is 9.53. The molecule has 17 heavy (non-hydrogen) atoms. The summed E-state index contributed by atoms with van der Waals surface area (Å²) in [5.41, 5.74) is 2.55. The standard InChI is InChI=1S/C13H13NO3/c1-9(15)14-6-2-3-10-4-5-12-11(7-10)8-17-13(12)16/h2-5,7H,6,8H2,1H3,(H,14,15). The first-order chi connectivity index (χ1) is 8.16. The van der Waals surface area contributed by atoms with Crippen LogP contribution in [0.3, 0.4) is 0 Å². The third kappa shape index (κ3) is 2.72. The molecule has 0 unspecified atom stereocenters. The number of carbonyl (C=O) groups is 2. The van der Waals surface area contributed by atoms with Crippen LogP contribution in [0.5, 0.6) is 0 Å². The Labute approximate surface area is 99.3 Å². The number of cyclic esters (lactones) is 1. The number of hydrogen-bond acceptors (Lipinski definition) is 3. The second kappa shape index (κ2) is 4.82. The van der Waals surface area contributed by atoms with Crippen LogP contribution in [0, 0.1) is 0 Å². The maximum absolute atomic E-state index is 11.2. The predicted molar refractivity (Wildman–Crippen MR) is 63.3 cm³/mol. The molecule has 0 spiro atoms. The average molecular weight is 231 g/mol. The van der Waals surface area contributed by atoms with E-state index in [9.17, 15) is 9.59 Å². The molecule has 1 aliphatic heterocycles. The lowest BCUT2D eigenvalue weighted by Crippen LogP contribution is -2.19. The van der Waals surface area contributed by atoms with E-state index >= 15 is 0 Å². The molecule has 1 N–H and O–H groups in total. The Morgan fingerprint density at radius 3 is 3.12 bits per heavy atom. The van der Waals surface area contributed by atoms with E-state index in [1.807, 2.05) is 24.3 Å². The van der Waals surface area contributed by atoms with E-state index < -0.39 is 0 Å². The fourth-order valence-corrected chi connectivity index (χ4v) is 1.65. The number of hydrogen-bond donors (Lipinski definition) is 1. The van der Waals surface area contributed by atoms with Gasteiger partial charge in [-0.3, -0.25) is 4.79 Å². The van der Waals surface area contributed by atoms with Gasteiger partial charge in [0.05, 0.1) is 5.56 Å². The van der Waals surface area contributed by atoms with Gasteiger partial charge >= 0.3 is 5.97 Å². The number of esters is 1. The lowest BCUT2D eigenvalue weighted by atomic mass is 10.1. The summed E-state index contributed by atoms with van der Waals surface area (Å²) >= 11 is 0. The molecule has 0 aromatic heterocycles. The molecule has 1 heterocycles. The minimum Gasteiger partial charge on any atom is -0.457 e. The first kappa shape index (κ1) is 11.4. The molecule has 0 atom stereocenters. The Morgan fingerprint density at radius 1 is 1.53 bits per heavy atom. The summed E-state index contributed by atoms with van der Waals surface area (Å²) in [4.78, 5) is 21.9. The monoisotopic (exact) mass is 231 g/mol. The lowest BCUT2D eigenvalue weighted by molar-refractivity contribution is -0.118. The highest BCUT2D eigenvalue weighted by Gasteiger charge is 2.20. The Bertz CT molecular complexity index is 491. The normalized spacial score (nSPS) is 13.6. The molecule has 4 heteroatoms. The lowest BCUT2D eigenvalue weighted by Gasteiger charge is -1.98. The van der Waals surface area contributed by atoms with Gasteiger partial charge in [0.1, 0.15) is 6.61 Å². The van der Waals surface area contributed by atoms with E-state index in [0.717, 1.165) is 11.1 Å². The Kier molecular flexibility index (Phi) is 3.23. The molecule has 0 saturated carbocycles. The van der Waals surface area contributed by atoms with Crippen molar-refractivity contribution in [2.75, 3.05) is 6.54 Å². The molecule has 2 rings (SSSR count). The first-order valence-corrected chi connectivity index (χ1v) is 5.38. The van der Waals surface area contributed by atoms with Crippen LogP contribution in [0.15, 0.2) is 24.3 Å². The number of benzene rings is 1. The highest BCUT2D eigenvalue weighted by atomic mass is 16.5. The van der Waals surface area contributed by atoms with Gasteiger partial charge in [0.2, 0.25) is 5.91 Å². The highest BCUT2D eigenvalue weighted by molar-refractivity contribution is 5.93. The van der Waals surface area contributed by atoms with E-state index in [-0.39, 0.29) is 11.9 Å². The van der Waals surface area contributed by atoms with Crippen molar-refractivity contribution in [3.8, 4) is 0 Å². The SMILES string of the molecule is CC(=O)NCC=Cc1ccc2c(c1)COC2=O. The number of carbonyl (C=O) groups excluding carboxylic acids is 2. The predicted octanol–water partition coefficient (Wildman–Crippen LogP) is 1.51. The average Bonchev–Trinajstić information content (AvgIpc) is 2.66. The fourth-order valence-electron chi connectivity index (χ4n) is 1.65. The molecular formula is C13H13NO3. The smallest absolute Gasteiger partial charge is 0.338 e. The summed E-state index contributed by atoms with van der Waals surface area (Å²) in [6.45, 7) is 2.33. The van der Waals surface area contributed by atoms with E-state index in [4.69, 9.17) is 4.74 Å². The number of fused-ring (bicyclic) bond motifs is 1. The van der Waals surface area contributed by atoms with Crippen molar-refractivity contribution in [3.05, 3.63) is 41.0 Å². The van der Waals surface area contributed by atoms with Gasteiger partial charge in [-0.25, -0.2) is 4.79 Å². The van der Waals surface area contributed by atoms with Crippen molar-refractivity contribution >= 4 is 18.0 Å². The number of ether oxygens (including phenoxy) is 1. The van der Waals surface area contributed by atoms with Crippen molar-refractivity contribution in [1.29, 1.82) is 0 Å².